The number of hydrogen-bond acceptors (Lipinski definition) is 6. The van der Waals surface area contributed by atoms with Gasteiger partial charge >= 0.3 is 0 Å². The molecule has 0 saturated heterocycles. The van der Waals surface area contributed by atoms with Crippen molar-refractivity contribution in [1.29, 1.82) is 0 Å². The average molecular weight is 458 g/mol. The number of hydrogen-bond donors (Lipinski definition) is 2. The van der Waals surface area contributed by atoms with E-state index in [1.54, 1.807) is 24.3 Å². The smallest absolute Gasteiger partial charge is 0.248 e. The third kappa shape index (κ3) is 5.83. The second kappa shape index (κ2) is 11.2. The van der Waals surface area contributed by atoms with Crippen LogP contribution in [-0.2, 0) is 11.2 Å². The van der Waals surface area contributed by atoms with Gasteiger partial charge < -0.3 is 9.73 Å². The maximum Gasteiger partial charge on any atom is 0.248 e. The quantitative estimate of drug-likeness (QED) is 0.252. The molecule has 0 radical (unpaired) electrons. The first-order chi connectivity index (χ1) is 16.6. The van der Waals surface area contributed by atoms with Crippen LogP contribution in [0.4, 0.5) is 5.69 Å². The van der Waals surface area contributed by atoms with Crippen molar-refractivity contribution < 1.29 is 9.21 Å². The van der Waals surface area contributed by atoms with Gasteiger partial charge in [-0.3, -0.25) is 9.59 Å². The van der Waals surface area contributed by atoms with E-state index in [2.05, 4.69) is 45.0 Å². The van der Waals surface area contributed by atoms with E-state index in [1.165, 1.54) is 49.8 Å². The van der Waals surface area contributed by atoms with Crippen molar-refractivity contribution in [3.8, 4) is 11.6 Å². The Morgan fingerprint density at radius 2 is 1.91 bits per heavy atom. The van der Waals surface area contributed by atoms with Crippen molar-refractivity contribution in [3.05, 3.63) is 76.0 Å². The van der Waals surface area contributed by atoms with Crippen molar-refractivity contribution >= 4 is 28.6 Å². The number of anilines is 1. The van der Waals surface area contributed by atoms with Crippen LogP contribution in [0.2, 0.25) is 0 Å². The van der Waals surface area contributed by atoms with Gasteiger partial charge in [0.1, 0.15) is 0 Å². The Hall–Kier alpha value is -4.07. The molecule has 0 aliphatic heterocycles. The number of H-pyrrole nitrogens is 1. The molecule has 34 heavy (non-hydrogen) atoms. The summed E-state index contributed by atoms with van der Waals surface area (Å²) in [4.78, 5) is 25.1. The Morgan fingerprint density at radius 1 is 1.09 bits per heavy atom. The fourth-order valence-electron chi connectivity index (χ4n) is 3.73. The van der Waals surface area contributed by atoms with E-state index in [9.17, 15) is 9.59 Å². The lowest BCUT2D eigenvalue weighted by atomic mass is 10.0. The highest BCUT2D eigenvalue weighted by Crippen LogP contribution is 2.25. The van der Waals surface area contributed by atoms with Crippen LogP contribution < -0.4 is 10.7 Å². The van der Waals surface area contributed by atoms with Crippen LogP contribution in [0.3, 0.4) is 0 Å². The Kier molecular flexibility index (Phi) is 7.60. The molecule has 4 aromatic rings. The molecule has 2 N–H and O–H groups in total. The van der Waals surface area contributed by atoms with E-state index in [4.69, 9.17) is 4.42 Å². The summed E-state index contributed by atoms with van der Waals surface area (Å²) in [6.07, 6.45) is 10.6. The molecule has 0 fully saturated rings. The molecule has 0 aliphatic carbocycles. The first kappa shape index (κ1) is 23.1. The summed E-state index contributed by atoms with van der Waals surface area (Å²) in [6, 6.07) is 14.5. The number of fused-ring (bicyclic) bond motifs is 1. The van der Waals surface area contributed by atoms with E-state index in [1.807, 2.05) is 12.1 Å². The normalized spacial score (nSPS) is 11.3. The summed E-state index contributed by atoms with van der Waals surface area (Å²) in [5, 5.41) is 16.6. The first-order valence-corrected chi connectivity index (χ1v) is 11.5. The number of amides is 1. The molecule has 174 valence electrons. The van der Waals surface area contributed by atoms with Crippen LogP contribution in [0.5, 0.6) is 0 Å². The van der Waals surface area contributed by atoms with Crippen LogP contribution in [0.15, 0.2) is 63.8 Å². The zero-order valence-electron chi connectivity index (χ0n) is 19.1. The Balaban J connectivity index is 1.43. The lowest BCUT2D eigenvalue weighted by molar-refractivity contribution is -0.111. The van der Waals surface area contributed by atoms with Gasteiger partial charge in [0.15, 0.2) is 16.8 Å². The molecule has 0 bridgehead atoms. The molecular weight excluding hydrogens is 430 g/mol. The van der Waals surface area contributed by atoms with Crippen molar-refractivity contribution in [2.24, 2.45) is 0 Å². The third-order valence-electron chi connectivity index (χ3n) is 5.55. The number of rotatable bonds is 10. The number of para-hydroxylation sites is 1. The molecule has 0 saturated carbocycles. The first-order valence-electron chi connectivity index (χ1n) is 11.5. The van der Waals surface area contributed by atoms with E-state index in [0.717, 1.165) is 12.0 Å². The number of benzene rings is 2. The largest absolute Gasteiger partial charge is 0.450 e. The number of carbonyl (C=O) groups is 1. The molecule has 8 nitrogen and oxygen atoms in total. The monoisotopic (exact) mass is 457 g/mol. The molecule has 1 amide bonds. The molecule has 0 atom stereocenters. The number of nitrogens with zero attached hydrogens (tertiary/aromatic N) is 3. The lowest BCUT2D eigenvalue weighted by Crippen LogP contribution is -2.09. The van der Waals surface area contributed by atoms with Crippen LogP contribution in [-0.4, -0.2) is 26.5 Å². The van der Waals surface area contributed by atoms with Gasteiger partial charge in [0, 0.05) is 12.1 Å². The van der Waals surface area contributed by atoms with Crippen molar-refractivity contribution in [2.45, 2.75) is 45.4 Å². The lowest BCUT2D eigenvalue weighted by Gasteiger charge is -2.07. The number of aromatic amines is 1. The SMILES string of the molecule is CCCCCCCc1ccc(/C=C/C(=O)Nc2cccc3c(=O)cc(-c4nn[nH]n4)oc23)cc1. The second-order valence-corrected chi connectivity index (χ2v) is 8.12. The highest BCUT2D eigenvalue weighted by atomic mass is 16.3. The summed E-state index contributed by atoms with van der Waals surface area (Å²) >= 11 is 0. The van der Waals surface area contributed by atoms with E-state index in [0.29, 0.717) is 11.1 Å². The highest BCUT2D eigenvalue weighted by Gasteiger charge is 2.14. The van der Waals surface area contributed by atoms with E-state index >= 15 is 0 Å². The molecule has 0 aliphatic rings. The van der Waals surface area contributed by atoms with E-state index in [-0.39, 0.29) is 28.5 Å². The average Bonchev–Trinajstić information content (AvgIpc) is 3.39. The van der Waals surface area contributed by atoms with Crippen LogP contribution in [0, 0.1) is 0 Å². The van der Waals surface area contributed by atoms with Gasteiger partial charge in [-0.1, -0.05) is 62.9 Å². The standard InChI is InChI=1S/C26H27N5O3/c1-2-3-4-5-6-8-18-11-13-19(14-12-18)15-16-24(33)27-21-10-7-9-20-22(32)17-23(34-25(20)21)26-28-30-31-29-26/h7,9-17H,2-6,8H2,1H3,(H,27,33)(H,28,29,30,31)/b16-15+. The molecule has 0 spiro atoms. The Morgan fingerprint density at radius 3 is 2.68 bits per heavy atom. The number of carbonyl (C=O) groups excluding carboxylic acids is 1. The number of aryl methyl sites for hydroxylation is 1. The van der Waals surface area contributed by atoms with Crippen molar-refractivity contribution in [3.63, 3.8) is 0 Å². The Labute approximate surface area is 197 Å². The highest BCUT2D eigenvalue weighted by molar-refractivity contribution is 6.06. The molecule has 2 aromatic carbocycles. The predicted molar refractivity (Wildman–Crippen MR) is 132 cm³/mol. The van der Waals surface area contributed by atoms with Gasteiger partial charge in [-0.25, -0.2) is 0 Å². The van der Waals surface area contributed by atoms with Gasteiger partial charge in [0.2, 0.25) is 11.7 Å². The molecule has 8 heteroatoms. The van der Waals surface area contributed by atoms with Gasteiger partial charge in [-0.2, -0.15) is 5.21 Å². The van der Waals surface area contributed by atoms with Crippen LogP contribution in [0.25, 0.3) is 28.6 Å². The van der Waals surface area contributed by atoms with Gasteiger partial charge in [0.25, 0.3) is 0 Å². The van der Waals surface area contributed by atoms with Gasteiger partial charge in [0.05, 0.1) is 11.1 Å². The minimum absolute atomic E-state index is 0.157. The third-order valence-corrected chi connectivity index (χ3v) is 5.55. The van der Waals surface area contributed by atoms with Gasteiger partial charge in [-0.05, 0) is 47.4 Å². The van der Waals surface area contributed by atoms with Crippen molar-refractivity contribution in [2.75, 3.05) is 5.32 Å². The number of tetrazole rings is 1. The minimum atomic E-state index is -0.333. The maximum atomic E-state index is 12.6. The summed E-state index contributed by atoms with van der Waals surface area (Å²) in [5.41, 5.74) is 2.61. The van der Waals surface area contributed by atoms with Crippen LogP contribution >= 0.6 is 0 Å². The zero-order chi connectivity index (χ0) is 23.8. The second-order valence-electron chi connectivity index (χ2n) is 8.12. The van der Waals surface area contributed by atoms with Crippen molar-refractivity contribution in [1.82, 2.24) is 20.6 Å². The molecule has 2 aromatic heterocycles. The summed E-state index contributed by atoms with van der Waals surface area (Å²) in [6.45, 7) is 2.22. The number of nitrogens with one attached hydrogen (secondary N) is 2. The molecular formula is C26H27N5O3. The maximum absolute atomic E-state index is 12.6. The molecule has 2 heterocycles. The summed E-state index contributed by atoms with van der Waals surface area (Å²) < 4.78 is 5.82. The summed E-state index contributed by atoms with van der Waals surface area (Å²) in [7, 11) is 0. The predicted octanol–water partition coefficient (Wildman–Crippen LogP) is 5.14. The molecule has 4 rings (SSSR count). The van der Waals surface area contributed by atoms with E-state index < -0.39 is 0 Å². The fourth-order valence-corrected chi connectivity index (χ4v) is 3.73. The Bertz CT molecular complexity index is 1330. The van der Waals surface area contributed by atoms with Crippen LogP contribution in [0.1, 0.15) is 50.2 Å². The number of aromatic nitrogens is 4. The topological polar surface area (TPSA) is 114 Å². The number of unbranched alkanes of at least 4 members (excludes halogenated alkanes) is 4. The zero-order valence-corrected chi connectivity index (χ0v) is 19.1. The summed E-state index contributed by atoms with van der Waals surface area (Å²) in [5.74, 6) is -0.0153. The minimum Gasteiger partial charge on any atom is -0.450 e. The molecule has 0 unspecified atom stereocenters. The fraction of sp³-hybridized carbons (Fsp3) is 0.269. The van der Waals surface area contributed by atoms with Gasteiger partial charge in [-0.15, -0.1) is 10.2 Å².